The Balaban J connectivity index is 3.48. The molecule has 0 spiro atoms. The molecule has 0 radical (unpaired) electrons. The first-order chi connectivity index (χ1) is 7.87. The quantitative estimate of drug-likeness (QED) is 0.616. The van der Waals surface area contributed by atoms with Crippen molar-refractivity contribution in [2.75, 3.05) is 24.6 Å². The molecule has 4 heteroatoms. The minimum atomic E-state index is -2.76. The number of sulfone groups is 1. The Labute approximate surface area is 107 Å². The third-order valence-electron chi connectivity index (χ3n) is 2.89. The van der Waals surface area contributed by atoms with E-state index in [4.69, 9.17) is 0 Å². The SMILES string of the molecule is CCS(=O)(=O)CCCCC(C)CNCC(C)C. The summed E-state index contributed by atoms with van der Waals surface area (Å²) in [6.07, 6.45) is 2.94. The van der Waals surface area contributed by atoms with Crippen molar-refractivity contribution in [3.05, 3.63) is 0 Å². The predicted octanol–water partition coefficient (Wildman–Crippen LogP) is 2.47. The smallest absolute Gasteiger partial charge is 0.150 e. The summed E-state index contributed by atoms with van der Waals surface area (Å²) in [6.45, 7) is 10.4. The van der Waals surface area contributed by atoms with E-state index in [0.717, 1.165) is 32.4 Å². The summed E-state index contributed by atoms with van der Waals surface area (Å²) < 4.78 is 22.6. The highest BCUT2D eigenvalue weighted by Crippen LogP contribution is 2.08. The molecule has 0 amide bonds. The van der Waals surface area contributed by atoms with Crippen molar-refractivity contribution in [2.24, 2.45) is 11.8 Å². The second-order valence-corrected chi connectivity index (χ2v) is 7.86. The van der Waals surface area contributed by atoms with Crippen molar-refractivity contribution in [2.45, 2.75) is 47.0 Å². The molecule has 1 atom stereocenters. The van der Waals surface area contributed by atoms with Crippen LogP contribution in [0, 0.1) is 11.8 Å². The number of nitrogens with one attached hydrogen (secondary N) is 1. The van der Waals surface area contributed by atoms with Crippen molar-refractivity contribution < 1.29 is 8.42 Å². The van der Waals surface area contributed by atoms with Gasteiger partial charge in [0.1, 0.15) is 9.84 Å². The van der Waals surface area contributed by atoms with Gasteiger partial charge in [-0.2, -0.15) is 0 Å². The zero-order chi connectivity index (χ0) is 13.3. The Morgan fingerprint density at radius 2 is 1.71 bits per heavy atom. The Morgan fingerprint density at radius 3 is 2.24 bits per heavy atom. The van der Waals surface area contributed by atoms with E-state index in [9.17, 15) is 8.42 Å². The summed E-state index contributed by atoms with van der Waals surface area (Å²) in [7, 11) is -2.76. The molecule has 0 aromatic heterocycles. The van der Waals surface area contributed by atoms with Crippen LogP contribution < -0.4 is 5.32 Å². The number of hydrogen-bond donors (Lipinski definition) is 1. The summed E-state index contributed by atoms with van der Waals surface area (Å²) in [5, 5.41) is 3.43. The normalized spacial score (nSPS) is 14.2. The van der Waals surface area contributed by atoms with Crippen LogP contribution in [-0.2, 0) is 9.84 Å². The van der Waals surface area contributed by atoms with Crippen molar-refractivity contribution in [1.29, 1.82) is 0 Å². The number of hydrogen-bond acceptors (Lipinski definition) is 3. The summed E-state index contributed by atoms with van der Waals surface area (Å²) in [4.78, 5) is 0. The Morgan fingerprint density at radius 1 is 1.06 bits per heavy atom. The summed E-state index contributed by atoms with van der Waals surface area (Å²) in [5.74, 6) is 1.96. The fraction of sp³-hybridized carbons (Fsp3) is 1.00. The van der Waals surface area contributed by atoms with Gasteiger partial charge >= 0.3 is 0 Å². The molecule has 0 bridgehead atoms. The molecule has 0 aromatic rings. The number of rotatable bonds is 10. The molecule has 3 nitrogen and oxygen atoms in total. The molecule has 0 saturated carbocycles. The summed E-state index contributed by atoms with van der Waals surface area (Å²) in [6, 6.07) is 0. The van der Waals surface area contributed by atoms with Gasteiger partial charge in [-0.15, -0.1) is 0 Å². The lowest BCUT2D eigenvalue weighted by molar-refractivity contribution is 0.442. The highest BCUT2D eigenvalue weighted by atomic mass is 32.2. The van der Waals surface area contributed by atoms with Crippen LogP contribution in [0.3, 0.4) is 0 Å². The van der Waals surface area contributed by atoms with Crippen LogP contribution in [0.5, 0.6) is 0 Å². The van der Waals surface area contributed by atoms with E-state index >= 15 is 0 Å². The molecular weight excluding hydrogens is 234 g/mol. The van der Waals surface area contributed by atoms with E-state index < -0.39 is 9.84 Å². The molecule has 0 aliphatic heterocycles. The first-order valence-corrected chi connectivity index (χ1v) is 8.60. The van der Waals surface area contributed by atoms with Gasteiger partial charge in [0.25, 0.3) is 0 Å². The van der Waals surface area contributed by atoms with Crippen LogP contribution in [0.25, 0.3) is 0 Å². The Hall–Kier alpha value is -0.0900. The van der Waals surface area contributed by atoms with Crippen molar-refractivity contribution >= 4 is 9.84 Å². The maximum absolute atomic E-state index is 11.3. The largest absolute Gasteiger partial charge is 0.316 e. The van der Waals surface area contributed by atoms with Crippen LogP contribution in [0.15, 0.2) is 0 Å². The third-order valence-corrected chi connectivity index (χ3v) is 4.68. The zero-order valence-corrected chi connectivity index (χ0v) is 12.6. The minimum absolute atomic E-state index is 0.276. The second kappa shape index (κ2) is 8.92. The lowest BCUT2D eigenvalue weighted by Gasteiger charge is -2.13. The maximum atomic E-state index is 11.3. The fourth-order valence-electron chi connectivity index (χ4n) is 1.68. The van der Waals surface area contributed by atoms with E-state index in [2.05, 4.69) is 26.1 Å². The van der Waals surface area contributed by atoms with E-state index in [0.29, 0.717) is 17.6 Å². The lowest BCUT2D eigenvalue weighted by Crippen LogP contribution is -2.25. The molecule has 0 heterocycles. The van der Waals surface area contributed by atoms with Crippen LogP contribution in [0.1, 0.15) is 47.0 Å². The van der Waals surface area contributed by atoms with Gasteiger partial charge in [0, 0.05) is 5.75 Å². The van der Waals surface area contributed by atoms with Gasteiger partial charge in [-0.3, -0.25) is 0 Å². The van der Waals surface area contributed by atoms with Gasteiger partial charge in [0.05, 0.1) is 5.75 Å². The first kappa shape index (κ1) is 16.9. The standard InChI is InChI=1S/C13H29NO2S/c1-5-17(15,16)9-7-6-8-13(4)11-14-10-12(2)3/h12-14H,5-11H2,1-4H3. The highest BCUT2D eigenvalue weighted by Gasteiger charge is 2.07. The molecule has 1 unspecified atom stereocenters. The monoisotopic (exact) mass is 263 g/mol. The van der Waals surface area contributed by atoms with Crippen LogP contribution in [-0.4, -0.2) is 33.0 Å². The van der Waals surface area contributed by atoms with E-state index in [1.165, 1.54) is 0 Å². The second-order valence-electron chi connectivity index (χ2n) is 5.39. The maximum Gasteiger partial charge on any atom is 0.150 e. The molecule has 17 heavy (non-hydrogen) atoms. The lowest BCUT2D eigenvalue weighted by atomic mass is 10.0. The highest BCUT2D eigenvalue weighted by molar-refractivity contribution is 7.91. The van der Waals surface area contributed by atoms with Gasteiger partial charge < -0.3 is 5.32 Å². The van der Waals surface area contributed by atoms with Crippen molar-refractivity contribution in [1.82, 2.24) is 5.32 Å². The summed E-state index contributed by atoms with van der Waals surface area (Å²) >= 11 is 0. The van der Waals surface area contributed by atoms with Crippen molar-refractivity contribution in [3.63, 3.8) is 0 Å². The molecule has 104 valence electrons. The molecular formula is C13H29NO2S. The van der Waals surface area contributed by atoms with Gasteiger partial charge in [-0.05, 0) is 37.8 Å². The fourth-order valence-corrected chi connectivity index (χ4v) is 2.61. The first-order valence-electron chi connectivity index (χ1n) is 6.78. The molecule has 0 aliphatic rings. The van der Waals surface area contributed by atoms with Crippen LogP contribution in [0.4, 0.5) is 0 Å². The van der Waals surface area contributed by atoms with Gasteiger partial charge in [-0.25, -0.2) is 8.42 Å². The topological polar surface area (TPSA) is 46.2 Å². The van der Waals surface area contributed by atoms with Crippen molar-refractivity contribution in [3.8, 4) is 0 Å². The minimum Gasteiger partial charge on any atom is -0.316 e. The average Bonchev–Trinajstić information content (AvgIpc) is 2.24. The Bertz CT molecular complexity index is 273. The van der Waals surface area contributed by atoms with Crippen LogP contribution in [0.2, 0.25) is 0 Å². The van der Waals surface area contributed by atoms with Gasteiger partial charge in [0.2, 0.25) is 0 Å². The molecule has 0 fully saturated rings. The Kier molecular flexibility index (Phi) is 8.88. The van der Waals surface area contributed by atoms with Gasteiger partial charge in [0.15, 0.2) is 0 Å². The van der Waals surface area contributed by atoms with E-state index in [1.54, 1.807) is 6.92 Å². The molecule has 0 aromatic carbocycles. The average molecular weight is 263 g/mol. The summed E-state index contributed by atoms with van der Waals surface area (Å²) in [5.41, 5.74) is 0. The van der Waals surface area contributed by atoms with Crippen LogP contribution >= 0.6 is 0 Å². The molecule has 0 saturated heterocycles. The molecule has 0 rings (SSSR count). The van der Waals surface area contributed by atoms with Gasteiger partial charge in [-0.1, -0.05) is 34.1 Å². The third kappa shape index (κ3) is 10.8. The molecule has 1 N–H and O–H groups in total. The van der Waals surface area contributed by atoms with E-state index in [-0.39, 0.29) is 5.75 Å². The molecule has 0 aliphatic carbocycles. The zero-order valence-electron chi connectivity index (χ0n) is 11.8. The van der Waals surface area contributed by atoms with E-state index in [1.807, 2.05) is 0 Å². The number of unbranched alkanes of at least 4 members (excludes halogenated alkanes) is 1. The predicted molar refractivity (Wildman–Crippen MR) is 75.1 cm³/mol.